The highest BCUT2D eigenvalue weighted by molar-refractivity contribution is 5.95. The first-order valence-corrected chi connectivity index (χ1v) is 4.09. The molecule has 62 valence electrons. The predicted octanol–water partition coefficient (Wildman–Crippen LogP) is 3.34. The molecule has 0 fully saturated rings. The summed E-state index contributed by atoms with van der Waals surface area (Å²) in [5.41, 5.74) is 2.48. The smallest absolute Gasteiger partial charge is 0.0400 e. The third kappa shape index (κ3) is 4.54. The molecule has 0 aliphatic rings. The van der Waals surface area contributed by atoms with Gasteiger partial charge in [-0.1, -0.05) is 26.0 Å². The summed E-state index contributed by atoms with van der Waals surface area (Å²) >= 11 is 0. The summed E-state index contributed by atoms with van der Waals surface area (Å²) in [5.74, 6) is 0. The highest BCUT2D eigenvalue weighted by atomic mass is 14.7. The second kappa shape index (κ2) is 5.90. The minimum atomic E-state index is 0.976. The van der Waals surface area contributed by atoms with E-state index >= 15 is 0 Å². The molecule has 0 spiro atoms. The summed E-state index contributed by atoms with van der Waals surface area (Å²) in [6, 6.07) is 0. The van der Waals surface area contributed by atoms with Gasteiger partial charge in [-0.2, -0.15) is 0 Å². The van der Waals surface area contributed by atoms with Crippen molar-refractivity contribution in [2.24, 2.45) is 4.99 Å². The first kappa shape index (κ1) is 10.2. The van der Waals surface area contributed by atoms with Crippen molar-refractivity contribution in [3.05, 3.63) is 24.4 Å². The first-order valence-electron chi connectivity index (χ1n) is 4.09. The quantitative estimate of drug-likeness (QED) is 0.546. The Kier molecular flexibility index (Phi) is 5.44. The molecule has 11 heavy (non-hydrogen) atoms. The van der Waals surface area contributed by atoms with Crippen molar-refractivity contribution >= 4 is 5.71 Å². The van der Waals surface area contributed by atoms with Crippen LogP contribution in [-0.4, -0.2) is 5.71 Å². The SMILES string of the molecule is C=CN=C(/C=C(/C)CC)CC. The zero-order chi connectivity index (χ0) is 8.69. The van der Waals surface area contributed by atoms with Crippen LogP contribution in [0.2, 0.25) is 0 Å². The van der Waals surface area contributed by atoms with Gasteiger partial charge in [-0.25, -0.2) is 0 Å². The molecule has 0 unspecified atom stereocenters. The van der Waals surface area contributed by atoms with Crippen LogP contribution in [0.5, 0.6) is 0 Å². The summed E-state index contributed by atoms with van der Waals surface area (Å²) in [6.45, 7) is 9.93. The molecule has 0 saturated heterocycles. The van der Waals surface area contributed by atoms with Crippen LogP contribution in [0.25, 0.3) is 0 Å². The predicted molar refractivity (Wildman–Crippen MR) is 52.0 cm³/mol. The lowest BCUT2D eigenvalue weighted by Gasteiger charge is -1.96. The summed E-state index contributed by atoms with van der Waals surface area (Å²) in [4.78, 5) is 4.13. The summed E-state index contributed by atoms with van der Waals surface area (Å²) in [6.07, 6.45) is 5.79. The average Bonchev–Trinajstić information content (AvgIpc) is 2.03. The van der Waals surface area contributed by atoms with Crippen LogP contribution in [0.3, 0.4) is 0 Å². The number of hydrogen-bond acceptors (Lipinski definition) is 1. The van der Waals surface area contributed by atoms with Crippen LogP contribution >= 0.6 is 0 Å². The number of hydrogen-bond donors (Lipinski definition) is 0. The lowest BCUT2D eigenvalue weighted by atomic mass is 10.1. The van der Waals surface area contributed by atoms with Gasteiger partial charge in [0, 0.05) is 11.9 Å². The Balaban J connectivity index is 4.28. The van der Waals surface area contributed by atoms with Crippen molar-refractivity contribution in [1.29, 1.82) is 0 Å². The molecular formula is C10H17N. The summed E-state index contributed by atoms with van der Waals surface area (Å²) in [7, 11) is 0. The summed E-state index contributed by atoms with van der Waals surface area (Å²) in [5, 5.41) is 0. The van der Waals surface area contributed by atoms with Crippen molar-refractivity contribution in [3.8, 4) is 0 Å². The second-order valence-electron chi connectivity index (χ2n) is 2.50. The molecule has 0 aliphatic heterocycles. The van der Waals surface area contributed by atoms with Gasteiger partial charge < -0.3 is 0 Å². The zero-order valence-electron chi connectivity index (χ0n) is 7.72. The maximum Gasteiger partial charge on any atom is 0.0400 e. The van der Waals surface area contributed by atoms with E-state index in [-0.39, 0.29) is 0 Å². The molecule has 0 N–H and O–H groups in total. The van der Waals surface area contributed by atoms with E-state index < -0.39 is 0 Å². The maximum atomic E-state index is 4.13. The van der Waals surface area contributed by atoms with Crippen molar-refractivity contribution in [1.82, 2.24) is 0 Å². The molecular weight excluding hydrogens is 134 g/mol. The topological polar surface area (TPSA) is 12.4 Å². The molecule has 0 amide bonds. The van der Waals surface area contributed by atoms with E-state index in [9.17, 15) is 0 Å². The standard InChI is InChI=1S/C10H17N/c1-5-9(4)8-10(6-2)11-7-3/h7-8H,3,5-6H2,1-2,4H3/b9-8-,11-10?. The van der Waals surface area contributed by atoms with E-state index in [0.717, 1.165) is 18.6 Å². The highest BCUT2D eigenvalue weighted by Crippen LogP contribution is 2.00. The van der Waals surface area contributed by atoms with E-state index in [4.69, 9.17) is 0 Å². The lowest BCUT2D eigenvalue weighted by molar-refractivity contribution is 1.10. The van der Waals surface area contributed by atoms with Crippen LogP contribution in [0, 0.1) is 0 Å². The van der Waals surface area contributed by atoms with Crippen molar-refractivity contribution in [2.75, 3.05) is 0 Å². The van der Waals surface area contributed by atoms with E-state index in [0.29, 0.717) is 0 Å². The van der Waals surface area contributed by atoms with E-state index in [2.05, 4.69) is 38.4 Å². The van der Waals surface area contributed by atoms with E-state index in [1.54, 1.807) is 6.20 Å². The molecule has 0 atom stereocenters. The monoisotopic (exact) mass is 151 g/mol. The zero-order valence-corrected chi connectivity index (χ0v) is 7.72. The Morgan fingerprint density at radius 3 is 2.36 bits per heavy atom. The van der Waals surface area contributed by atoms with Gasteiger partial charge in [-0.3, -0.25) is 4.99 Å². The van der Waals surface area contributed by atoms with Crippen molar-refractivity contribution < 1.29 is 0 Å². The molecule has 0 bridgehead atoms. The Labute approximate surface area is 69.5 Å². The van der Waals surface area contributed by atoms with Crippen LogP contribution in [-0.2, 0) is 0 Å². The van der Waals surface area contributed by atoms with E-state index in [1.165, 1.54) is 5.57 Å². The molecule has 0 aromatic heterocycles. The number of rotatable bonds is 4. The van der Waals surface area contributed by atoms with Gasteiger partial charge >= 0.3 is 0 Å². The average molecular weight is 151 g/mol. The van der Waals surface area contributed by atoms with Crippen LogP contribution in [0.4, 0.5) is 0 Å². The Bertz CT molecular complexity index is 175. The van der Waals surface area contributed by atoms with Crippen molar-refractivity contribution in [2.45, 2.75) is 33.6 Å². The normalized spacial score (nSPS) is 13.4. The van der Waals surface area contributed by atoms with Crippen LogP contribution in [0.15, 0.2) is 29.4 Å². The third-order valence-corrected chi connectivity index (χ3v) is 1.59. The fourth-order valence-electron chi connectivity index (χ4n) is 0.734. The van der Waals surface area contributed by atoms with Gasteiger partial charge in [0.05, 0.1) is 0 Å². The molecule has 0 rings (SSSR count). The van der Waals surface area contributed by atoms with E-state index in [1.807, 2.05) is 0 Å². The molecule has 1 nitrogen and oxygen atoms in total. The molecule has 0 saturated carbocycles. The Hall–Kier alpha value is -0.850. The van der Waals surface area contributed by atoms with Gasteiger partial charge in [0.2, 0.25) is 0 Å². The molecule has 0 radical (unpaired) electrons. The van der Waals surface area contributed by atoms with Gasteiger partial charge in [0.15, 0.2) is 0 Å². The first-order chi connectivity index (χ1) is 5.24. The summed E-state index contributed by atoms with van der Waals surface area (Å²) < 4.78 is 0. The van der Waals surface area contributed by atoms with Gasteiger partial charge in [-0.15, -0.1) is 0 Å². The molecule has 1 heteroatoms. The van der Waals surface area contributed by atoms with Crippen LogP contribution in [0.1, 0.15) is 33.6 Å². The minimum absolute atomic E-state index is 0.976. The van der Waals surface area contributed by atoms with Gasteiger partial charge in [0.25, 0.3) is 0 Å². The molecule has 0 aromatic carbocycles. The molecule has 0 aromatic rings. The highest BCUT2D eigenvalue weighted by Gasteiger charge is 1.89. The molecule has 0 aliphatic carbocycles. The Morgan fingerprint density at radius 2 is 2.00 bits per heavy atom. The number of allylic oxidation sites excluding steroid dienone is 2. The number of aliphatic imine (C=N–C) groups is 1. The molecule has 0 heterocycles. The Morgan fingerprint density at radius 1 is 1.36 bits per heavy atom. The fraction of sp³-hybridized carbons (Fsp3) is 0.500. The fourth-order valence-corrected chi connectivity index (χ4v) is 0.734. The van der Waals surface area contributed by atoms with Gasteiger partial charge in [-0.05, 0) is 25.8 Å². The van der Waals surface area contributed by atoms with Crippen LogP contribution < -0.4 is 0 Å². The lowest BCUT2D eigenvalue weighted by Crippen LogP contribution is -1.90. The minimum Gasteiger partial charge on any atom is -0.262 e. The second-order valence-corrected chi connectivity index (χ2v) is 2.50. The largest absolute Gasteiger partial charge is 0.262 e. The number of nitrogens with zero attached hydrogens (tertiary/aromatic N) is 1. The third-order valence-electron chi connectivity index (χ3n) is 1.59. The van der Waals surface area contributed by atoms with Crippen molar-refractivity contribution in [3.63, 3.8) is 0 Å². The maximum absolute atomic E-state index is 4.13. The van der Waals surface area contributed by atoms with Gasteiger partial charge in [0.1, 0.15) is 0 Å².